The maximum Gasteiger partial charge on any atom is 0.157 e. The molecule has 0 radical (unpaired) electrons. The lowest BCUT2D eigenvalue weighted by Gasteiger charge is -2.00. The molecule has 0 saturated carbocycles. The lowest BCUT2D eigenvalue weighted by molar-refractivity contribution is 0.301. The molecular weight excluding hydrogens is 268 g/mol. The number of rotatable bonds is 6. The molecule has 0 bridgehead atoms. The minimum Gasteiger partial charge on any atom is -0.484 e. The number of aryl methyl sites for hydroxylation is 3. The Morgan fingerprint density at radius 2 is 2.14 bits per heavy atom. The average Bonchev–Trinajstić information content (AvgIpc) is 3.13. The van der Waals surface area contributed by atoms with Crippen molar-refractivity contribution in [3.05, 3.63) is 54.4 Å². The zero-order valence-corrected chi connectivity index (χ0v) is 11.8. The minimum absolute atomic E-state index is 0.384. The Bertz CT molecular complexity index is 690. The summed E-state index contributed by atoms with van der Waals surface area (Å²) < 4.78 is 9.07. The first kappa shape index (κ1) is 13.3. The molecule has 3 heterocycles. The lowest BCUT2D eigenvalue weighted by Crippen LogP contribution is -2.03. The molecule has 0 aliphatic heterocycles. The molecule has 0 amide bonds. The Morgan fingerprint density at radius 3 is 2.90 bits per heavy atom. The molecule has 0 aliphatic carbocycles. The van der Waals surface area contributed by atoms with Crippen LogP contribution in [-0.4, -0.2) is 29.8 Å². The first-order valence-electron chi connectivity index (χ1n) is 6.70. The maximum atomic E-state index is 5.58. The van der Waals surface area contributed by atoms with Crippen molar-refractivity contribution in [1.82, 2.24) is 29.8 Å². The van der Waals surface area contributed by atoms with Gasteiger partial charge in [-0.15, -0.1) is 5.10 Å². The summed E-state index contributed by atoms with van der Waals surface area (Å²) in [5.74, 6) is 0.723. The number of ether oxygens (including phenoxy) is 1. The molecule has 0 aromatic carbocycles. The first-order chi connectivity index (χ1) is 10.3. The van der Waals surface area contributed by atoms with Crippen LogP contribution in [-0.2, 0) is 26.6 Å². The van der Waals surface area contributed by atoms with E-state index in [1.165, 1.54) is 0 Å². The van der Waals surface area contributed by atoms with Crippen molar-refractivity contribution in [2.45, 2.75) is 19.6 Å². The van der Waals surface area contributed by atoms with Crippen molar-refractivity contribution >= 4 is 0 Å². The van der Waals surface area contributed by atoms with Crippen LogP contribution < -0.4 is 4.74 Å². The molecule has 0 atom stereocenters. The Kier molecular flexibility index (Phi) is 3.90. The second kappa shape index (κ2) is 6.17. The number of nitrogens with zero attached hydrogens (tertiary/aromatic N) is 6. The average molecular weight is 284 g/mol. The van der Waals surface area contributed by atoms with Crippen LogP contribution in [0.15, 0.2) is 43.0 Å². The van der Waals surface area contributed by atoms with Crippen LogP contribution in [0.3, 0.4) is 0 Å². The predicted octanol–water partition coefficient (Wildman–Crippen LogP) is 1.23. The molecule has 21 heavy (non-hydrogen) atoms. The fraction of sp³-hybridized carbons (Fsp3) is 0.286. The lowest BCUT2D eigenvalue weighted by atomic mass is 10.3. The van der Waals surface area contributed by atoms with Crippen LogP contribution in [0.4, 0.5) is 0 Å². The molecule has 0 N–H and O–H groups in total. The van der Waals surface area contributed by atoms with E-state index in [1.807, 2.05) is 37.6 Å². The van der Waals surface area contributed by atoms with Gasteiger partial charge in [-0.3, -0.25) is 14.3 Å². The summed E-state index contributed by atoms with van der Waals surface area (Å²) in [6.07, 6.45) is 7.99. The highest BCUT2D eigenvalue weighted by molar-refractivity contribution is 5.12. The monoisotopic (exact) mass is 284 g/mol. The molecule has 3 aromatic heterocycles. The van der Waals surface area contributed by atoms with E-state index in [-0.39, 0.29) is 0 Å². The largest absolute Gasteiger partial charge is 0.484 e. The van der Waals surface area contributed by atoms with Crippen molar-refractivity contribution < 1.29 is 4.74 Å². The van der Waals surface area contributed by atoms with Gasteiger partial charge >= 0.3 is 0 Å². The highest BCUT2D eigenvalue weighted by Crippen LogP contribution is 2.09. The normalized spacial score (nSPS) is 10.7. The SMILES string of the molecule is Cn1cc(OCc2cn(CCc3ccccn3)nn2)cn1. The Balaban J connectivity index is 1.51. The van der Waals surface area contributed by atoms with E-state index >= 15 is 0 Å². The van der Waals surface area contributed by atoms with E-state index in [0.29, 0.717) is 6.61 Å². The molecule has 0 fully saturated rings. The molecule has 108 valence electrons. The topological polar surface area (TPSA) is 70.7 Å². The third kappa shape index (κ3) is 3.65. The fourth-order valence-electron chi connectivity index (χ4n) is 1.92. The highest BCUT2D eigenvalue weighted by Gasteiger charge is 2.04. The van der Waals surface area contributed by atoms with E-state index in [9.17, 15) is 0 Å². The van der Waals surface area contributed by atoms with Crippen molar-refractivity contribution in [2.24, 2.45) is 7.05 Å². The van der Waals surface area contributed by atoms with Gasteiger partial charge in [0.2, 0.25) is 0 Å². The van der Waals surface area contributed by atoms with Gasteiger partial charge in [0.1, 0.15) is 12.3 Å². The zero-order valence-electron chi connectivity index (χ0n) is 11.8. The van der Waals surface area contributed by atoms with Crippen molar-refractivity contribution in [3.63, 3.8) is 0 Å². The van der Waals surface area contributed by atoms with Gasteiger partial charge in [-0.25, -0.2) is 0 Å². The van der Waals surface area contributed by atoms with Gasteiger partial charge in [0, 0.05) is 31.9 Å². The number of pyridine rings is 1. The number of hydrogen-bond donors (Lipinski definition) is 0. The number of aromatic nitrogens is 6. The van der Waals surface area contributed by atoms with Gasteiger partial charge in [-0.1, -0.05) is 11.3 Å². The first-order valence-corrected chi connectivity index (χ1v) is 6.70. The van der Waals surface area contributed by atoms with E-state index in [4.69, 9.17) is 4.74 Å². The van der Waals surface area contributed by atoms with E-state index in [1.54, 1.807) is 21.8 Å². The quantitative estimate of drug-likeness (QED) is 0.681. The third-order valence-electron chi connectivity index (χ3n) is 2.98. The van der Waals surface area contributed by atoms with Crippen LogP contribution in [0.1, 0.15) is 11.4 Å². The summed E-state index contributed by atoms with van der Waals surface area (Å²) in [5.41, 5.74) is 1.83. The zero-order chi connectivity index (χ0) is 14.5. The highest BCUT2D eigenvalue weighted by atomic mass is 16.5. The maximum absolute atomic E-state index is 5.58. The molecule has 0 aliphatic rings. The summed E-state index contributed by atoms with van der Waals surface area (Å²) in [6.45, 7) is 1.13. The van der Waals surface area contributed by atoms with Gasteiger partial charge in [-0.2, -0.15) is 5.10 Å². The molecule has 0 unspecified atom stereocenters. The molecule has 0 saturated heterocycles. The summed E-state index contributed by atoms with van der Waals surface area (Å²) in [6, 6.07) is 5.90. The van der Waals surface area contributed by atoms with Gasteiger partial charge in [0.05, 0.1) is 18.6 Å². The van der Waals surface area contributed by atoms with Crippen molar-refractivity contribution in [1.29, 1.82) is 0 Å². The molecule has 7 heteroatoms. The minimum atomic E-state index is 0.384. The van der Waals surface area contributed by atoms with Crippen molar-refractivity contribution in [2.75, 3.05) is 0 Å². The van der Waals surface area contributed by atoms with E-state index < -0.39 is 0 Å². The molecule has 3 aromatic rings. The van der Waals surface area contributed by atoms with Crippen LogP contribution in [0.2, 0.25) is 0 Å². The third-order valence-corrected chi connectivity index (χ3v) is 2.98. The van der Waals surface area contributed by atoms with E-state index in [2.05, 4.69) is 20.4 Å². The molecule has 0 spiro atoms. The van der Waals surface area contributed by atoms with Gasteiger partial charge in [-0.05, 0) is 12.1 Å². The van der Waals surface area contributed by atoms with Gasteiger partial charge < -0.3 is 4.74 Å². The number of hydrogen-bond acceptors (Lipinski definition) is 5. The molecular formula is C14H16N6O. The van der Waals surface area contributed by atoms with Crippen LogP contribution in [0.25, 0.3) is 0 Å². The summed E-state index contributed by atoms with van der Waals surface area (Å²) in [5, 5.41) is 12.2. The summed E-state index contributed by atoms with van der Waals surface area (Å²) >= 11 is 0. The Morgan fingerprint density at radius 1 is 1.19 bits per heavy atom. The van der Waals surface area contributed by atoms with Crippen LogP contribution in [0, 0.1) is 0 Å². The second-order valence-electron chi connectivity index (χ2n) is 4.68. The van der Waals surface area contributed by atoms with Crippen molar-refractivity contribution in [3.8, 4) is 5.75 Å². The Hall–Kier alpha value is -2.70. The van der Waals surface area contributed by atoms with Crippen LogP contribution in [0.5, 0.6) is 5.75 Å². The van der Waals surface area contributed by atoms with E-state index in [0.717, 1.165) is 30.1 Å². The fourth-order valence-corrected chi connectivity index (χ4v) is 1.92. The summed E-state index contributed by atoms with van der Waals surface area (Å²) in [7, 11) is 1.85. The second-order valence-corrected chi connectivity index (χ2v) is 4.68. The van der Waals surface area contributed by atoms with Gasteiger partial charge in [0.15, 0.2) is 5.75 Å². The standard InChI is InChI=1S/C14H16N6O/c1-19-10-14(8-16-19)21-11-13-9-20(18-17-13)7-5-12-4-2-3-6-15-12/h2-4,6,8-10H,5,7,11H2,1H3. The summed E-state index contributed by atoms with van der Waals surface area (Å²) in [4.78, 5) is 4.28. The Labute approximate surface area is 122 Å². The van der Waals surface area contributed by atoms with Gasteiger partial charge in [0.25, 0.3) is 0 Å². The molecule has 7 nitrogen and oxygen atoms in total. The smallest absolute Gasteiger partial charge is 0.157 e. The molecule has 3 rings (SSSR count). The predicted molar refractivity (Wildman–Crippen MR) is 75.5 cm³/mol. The van der Waals surface area contributed by atoms with Crippen LogP contribution >= 0.6 is 0 Å².